The minimum absolute atomic E-state index is 0.169. The van der Waals surface area contributed by atoms with Crippen molar-refractivity contribution in [2.45, 2.75) is 6.73 Å². The van der Waals surface area contributed by atoms with E-state index in [-0.39, 0.29) is 29.5 Å². The van der Waals surface area contributed by atoms with Crippen LogP contribution in [-0.4, -0.2) is 34.8 Å². The van der Waals surface area contributed by atoms with Gasteiger partial charge in [-0.3, -0.25) is 14.9 Å². The normalized spacial score (nSPS) is 10.3. The average molecular weight is 306 g/mol. The van der Waals surface area contributed by atoms with Gasteiger partial charge in [0.25, 0.3) is 11.6 Å². The van der Waals surface area contributed by atoms with Gasteiger partial charge in [0.05, 0.1) is 23.8 Å². The third-order valence-corrected chi connectivity index (χ3v) is 2.73. The molecule has 0 spiro atoms. The van der Waals surface area contributed by atoms with Crippen LogP contribution in [0.2, 0.25) is 0 Å². The summed E-state index contributed by atoms with van der Waals surface area (Å²) >= 11 is 0. The standard InChI is InChI=1S/C13H14N4O5/c1-21-8-16-4-3-12(15-16)13(18)14-9-5-10(17(19)20)7-11(6-9)22-2/h3-7H,8H2,1-2H3,(H,14,18). The number of nitro groups is 1. The van der Waals surface area contributed by atoms with E-state index in [0.717, 1.165) is 0 Å². The smallest absolute Gasteiger partial charge is 0.276 e. The molecule has 1 amide bonds. The highest BCUT2D eigenvalue weighted by molar-refractivity contribution is 6.03. The second-order valence-electron chi connectivity index (χ2n) is 4.29. The Morgan fingerprint density at radius 1 is 1.41 bits per heavy atom. The molecular formula is C13H14N4O5. The van der Waals surface area contributed by atoms with Crippen molar-refractivity contribution in [2.24, 2.45) is 0 Å². The Labute approximate surface area is 125 Å². The molecule has 22 heavy (non-hydrogen) atoms. The Morgan fingerprint density at radius 3 is 2.82 bits per heavy atom. The molecule has 0 atom stereocenters. The van der Waals surface area contributed by atoms with Crippen LogP contribution < -0.4 is 10.1 Å². The Bertz CT molecular complexity index is 697. The van der Waals surface area contributed by atoms with Gasteiger partial charge in [0, 0.05) is 25.4 Å². The molecule has 0 fully saturated rings. The minimum atomic E-state index is -0.564. The van der Waals surface area contributed by atoms with Crippen LogP contribution in [0.5, 0.6) is 5.75 Å². The van der Waals surface area contributed by atoms with Crippen LogP contribution in [-0.2, 0) is 11.5 Å². The van der Waals surface area contributed by atoms with Gasteiger partial charge in [-0.05, 0) is 6.07 Å². The fourth-order valence-electron chi connectivity index (χ4n) is 1.76. The monoisotopic (exact) mass is 306 g/mol. The number of non-ortho nitro benzene ring substituents is 1. The van der Waals surface area contributed by atoms with E-state index in [1.807, 2.05) is 0 Å². The maximum atomic E-state index is 12.1. The molecule has 1 N–H and O–H groups in total. The number of amides is 1. The summed E-state index contributed by atoms with van der Waals surface area (Å²) in [5.41, 5.74) is 0.236. The lowest BCUT2D eigenvalue weighted by molar-refractivity contribution is -0.384. The van der Waals surface area contributed by atoms with E-state index in [9.17, 15) is 14.9 Å². The van der Waals surface area contributed by atoms with Gasteiger partial charge in [0.1, 0.15) is 12.5 Å². The van der Waals surface area contributed by atoms with Crippen LogP contribution in [0.15, 0.2) is 30.5 Å². The van der Waals surface area contributed by atoms with E-state index >= 15 is 0 Å². The molecule has 0 aliphatic rings. The van der Waals surface area contributed by atoms with Gasteiger partial charge < -0.3 is 14.8 Å². The molecule has 1 aromatic heterocycles. The lowest BCUT2D eigenvalue weighted by atomic mass is 10.2. The van der Waals surface area contributed by atoms with Crippen LogP contribution in [0.1, 0.15) is 10.5 Å². The summed E-state index contributed by atoms with van der Waals surface area (Å²) < 4.78 is 11.3. The Kier molecular flexibility index (Phi) is 4.69. The van der Waals surface area contributed by atoms with Gasteiger partial charge in [-0.1, -0.05) is 0 Å². The van der Waals surface area contributed by atoms with Gasteiger partial charge >= 0.3 is 0 Å². The fraction of sp³-hybridized carbons (Fsp3) is 0.231. The Balaban J connectivity index is 2.19. The molecule has 2 rings (SSSR count). The van der Waals surface area contributed by atoms with Gasteiger partial charge in [-0.2, -0.15) is 5.10 Å². The number of hydrogen-bond acceptors (Lipinski definition) is 6. The maximum absolute atomic E-state index is 12.1. The van der Waals surface area contributed by atoms with Gasteiger partial charge in [0.2, 0.25) is 0 Å². The quantitative estimate of drug-likeness (QED) is 0.642. The molecule has 0 saturated heterocycles. The zero-order chi connectivity index (χ0) is 16.1. The molecule has 9 nitrogen and oxygen atoms in total. The number of nitro benzene ring substituents is 1. The molecule has 9 heteroatoms. The van der Waals surface area contributed by atoms with E-state index < -0.39 is 10.8 Å². The van der Waals surface area contributed by atoms with E-state index in [4.69, 9.17) is 9.47 Å². The first kappa shape index (κ1) is 15.4. The summed E-state index contributed by atoms with van der Waals surface area (Å²) in [5, 5.41) is 17.4. The molecule has 116 valence electrons. The van der Waals surface area contributed by atoms with Crippen molar-refractivity contribution in [3.63, 3.8) is 0 Å². The van der Waals surface area contributed by atoms with Crippen molar-refractivity contribution >= 4 is 17.3 Å². The van der Waals surface area contributed by atoms with E-state index in [1.165, 1.54) is 43.2 Å². The zero-order valence-electron chi connectivity index (χ0n) is 12.0. The summed E-state index contributed by atoms with van der Waals surface area (Å²) in [7, 11) is 2.90. The highest BCUT2D eigenvalue weighted by Crippen LogP contribution is 2.26. The molecular weight excluding hydrogens is 292 g/mol. The number of aromatic nitrogens is 2. The number of carbonyl (C=O) groups is 1. The van der Waals surface area contributed by atoms with Crippen LogP contribution in [0.25, 0.3) is 0 Å². The van der Waals surface area contributed by atoms with Crippen molar-refractivity contribution in [1.29, 1.82) is 0 Å². The predicted molar refractivity (Wildman–Crippen MR) is 76.8 cm³/mol. The van der Waals surface area contributed by atoms with Gasteiger partial charge in [-0.25, -0.2) is 4.68 Å². The number of benzene rings is 1. The first-order chi connectivity index (χ1) is 10.5. The molecule has 0 unspecified atom stereocenters. The van der Waals surface area contributed by atoms with Crippen molar-refractivity contribution in [2.75, 3.05) is 19.5 Å². The minimum Gasteiger partial charge on any atom is -0.496 e. The van der Waals surface area contributed by atoms with Crippen LogP contribution in [0, 0.1) is 10.1 Å². The molecule has 0 aliphatic carbocycles. The molecule has 0 bridgehead atoms. The molecule has 0 aliphatic heterocycles. The number of ether oxygens (including phenoxy) is 2. The number of nitrogens with one attached hydrogen (secondary N) is 1. The highest BCUT2D eigenvalue weighted by Gasteiger charge is 2.14. The number of hydrogen-bond donors (Lipinski definition) is 1. The third kappa shape index (κ3) is 3.58. The second kappa shape index (κ2) is 6.68. The number of rotatable bonds is 6. The van der Waals surface area contributed by atoms with Crippen LogP contribution in [0.3, 0.4) is 0 Å². The van der Waals surface area contributed by atoms with Crippen LogP contribution >= 0.6 is 0 Å². The fourth-order valence-corrected chi connectivity index (χ4v) is 1.76. The highest BCUT2D eigenvalue weighted by atomic mass is 16.6. The lowest BCUT2D eigenvalue weighted by Crippen LogP contribution is -2.14. The van der Waals surface area contributed by atoms with Crippen LogP contribution in [0.4, 0.5) is 11.4 Å². The van der Waals surface area contributed by atoms with Gasteiger partial charge in [-0.15, -0.1) is 0 Å². The number of methoxy groups -OCH3 is 2. The molecule has 2 aromatic rings. The Morgan fingerprint density at radius 2 is 2.18 bits per heavy atom. The van der Waals surface area contributed by atoms with Crippen molar-refractivity contribution < 1.29 is 19.2 Å². The molecule has 1 aromatic carbocycles. The Hall–Kier alpha value is -2.94. The van der Waals surface area contributed by atoms with Crippen molar-refractivity contribution in [3.8, 4) is 5.75 Å². The summed E-state index contributed by atoms with van der Waals surface area (Å²) in [5.74, 6) is -0.216. The summed E-state index contributed by atoms with van der Waals surface area (Å²) in [6, 6.07) is 5.51. The largest absolute Gasteiger partial charge is 0.496 e. The van der Waals surface area contributed by atoms with Gasteiger partial charge in [0.15, 0.2) is 5.69 Å². The molecule has 0 saturated carbocycles. The lowest BCUT2D eigenvalue weighted by Gasteiger charge is -2.06. The SMILES string of the molecule is COCn1ccc(C(=O)Nc2cc(OC)cc([N+](=O)[O-])c2)n1. The summed E-state index contributed by atoms with van der Waals surface area (Å²) in [6.07, 6.45) is 1.59. The van der Waals surface area contributed by atoms with Crippen molar-refractivity contribution in [1.82, 2.24) is 9.78 Å². The summed E-state index contributed by atoms with van der Waals surface area (Å²) in [4.78, 5) is 22.4. The second-order valence-corrected chi connectivity index (χ2v) is 4.29. The van der Waals surface area contributed by atoms with E-state index in [2.05, 4.69) is 10.4 Å². The average Bonchev–Trinajstić information content (AvgIpc) is 2.96. The maximum Gasteiger partial charge on any atom is 0.276 e. The summed E-state index contributed by atoms with van der Waals surface area (Å²) in [6.45, 7) is 0.220. The number of carbonyl (C=O) groups excluding carboxylic acids is 1. The number of nitrogens with zero attached hydrogens (tertiary/aromatic N) is 3. The zero-order valence-corrected chi connectivity index (χ0v) is 12.0. The van der Waals surface area contributed by atoms with Crippen molar-refractivity contribution in [3.05, 3.63) is 46.3 Å². The molecule has 0 radical (unpaired) electrons. The first-order valence-corrected chi connectivity index (χ1v) is 6.20. The topological polar surface area (TPSA) is 109 Å². The van der Waals surface area contributed by atoms with E-state index in [0.29, 0.717) is 0 Å². The van der Waals surface area contributed by atoms with E-state index in [1.54, 1.807) is 6.20 Å². The third-order valence-electron chi connectivity index (χ3n) is 2.73. The molecule has 1 heterocycles. The predicted octanol–water partition coefficient (Wildman–Crippen LogP) is 1.66. The number of anilines is 1. The first-order valence-electron chi connectivity index (χ1n) is 6.20.